The molecule has 26 heavy (non-hydrogen) atoms. The standard InChI is InChI=1S/C17H23N3O5S/c1-3-10-24-16(23)9-8-14(21)18-17(26)20-19-15(22)11-25-13-6-4-12(2)5-7-13/h4-7H,3,8-11H2,1-2H3,(H,19,22)(H2,18,20,21,26). The Hall–Kier alpha value is -2.68. The number of carbonyl (C=O) groups is 3. The molecule has 0 saturated carbocycles. The lowest BCUT2D eigenvalue weighted by atomic mass is 10.2. The lowest BCUT2D eigenvalue weighted by Gasteiger charge is -2.11. The van der Waals surface area contributed by atoms with Crippen molar-refractivity contribution in [1.29, 1.82) is 0 Å². The largest absolute Gasteiger partial charge is 0.484 e. The van der Waals surface area contributed by atoms with Crippen LogP contribution in [0.3, 0.4) is 0 Å². The maximum absolute atomic E-state index is 11.7. The molecule has 0 heterocycles. The van der Waals surface area contributed by atoms with Gasteiger partial charge in [-0.15, -0.1) is 0 Å². The van der Waals surface area contributed by atoms with Gasteiger partial charge in [0.05, 0.1) is 13.0 Å². The molecule has 9 heteroatoms. The lowest BCUT2D eigenvalue weighted by Crippen LogP contribution is -2.49. The Morgan fingerprint density at radius 2 is 1.73 bits per heavy atom. The average molecular weight is 381 g/mol. The zero-order valence-electron chi connectivity index (χ0n) is 14.8. The van der Waals surface area contributed by atoms with Gasteiger partial charge in [-0.05, 0) is 37.7 Å². The van der Waals surface area contributed by atoms with Gasteiger partial charge in [-0.1, -0.05) is 24.6 Å². The molecule has 8 nitrogen and oxygen atoms in total. The van der Waals surface area contributed by atoms with E-state index in [9.17, 15) is 14.4 Å². The summed E-state index contributed by atoms with van der Waals surface area (Å²) in [5.74, 6) is -0.801. The summed E-state index contributed by atoms with van der Waals surface area (Å²) < 4.78 is 10.2. The number of carbonyl (C=O) groups excluding carboxylic acids is 3. The van der Waals surface area contributed by atoms with Crippen molar-refractivity contribution in [2.24, 2.45) is 0 Å². The van der Waals surface area contributed by atoms with Crippen molar-refractivity contribution >= 4 is 35.1 Å². The number of hydrogen-bond acceptors (Lipinski definition) is 6. The van der Waals surface area contributed by atoms with E-state index in [1.54, 1.807) is 12.1 Å². The van der Waals surface area contributed by atoms with E-state index < -0.39 is 17.8 Å². The van der Waals surface area contributed by atoms with Gasteiger partial charge in [0.15, 0.2) is 11.7 Å². The number of nitrogens with one attached hydrogen (secondary N) is 3. The Morgan fingerprint density at radius 1 is 1.04 bits per heavy atom. The van der Waals surface area contributed by atoms with E-state index in [1.807, 2.05) is 26.0 Å². The summed E-state index contributed by atoms with van der Waals surface area (Å²) in [6.45, 7) is 3.95. The van der Waals surface area contributed by atoms with E-state index in [1.165, 1.54) is 0 Å². The van der Waals surface area contributed by atoms with Gasteiger partial charge in [0.2, 0.25) is 5.91 Å². The molecule has 0 saturated heterocycles. The van der Waals surface area contributed by atoms with Crippen molar-refractivity contribution in [3.8, 4) is 5.75 Å². The summed E-state index contributed by atoms with van der Waals surface area (Å²) in [4.78, 5) is 34.6. The van der Waals surface area contributed by atoms with Gasteiger partial charge >= 0.3 is 5.97 Å². The van der Waals surface area contributed by atoms with Crippen LogP contribution in [0.2, 0.25) is 0 Å². The highest BCUT2D eigenvalue weighted by Gasteiger charge is 2.10. The molecule has 3 N–H and O–H groups in total. The number of hydrazine groups is 1. The number of rotatable bonds is 8. The molecule has 0 spiro atoms. The molecule has 0 bridgehead atoms. The van der Waals surface area contributed by atoms with Crippen LogP contribution in [0.4, 0.5) is 0 Å². The number of benzene rings is 1. The predicted molar refractivity (Wildman–Crippen MR) is 99.2 cm³/mol. The number of aryl methyl sites for hydroxylation is 1. The third kappa shape index (κ3) is 9.58. The second-order valence-corrected chi connectivity index (χ2v) is 5.78. The highest BCUT2D eigenvalue weighted by Crippen LogP contribution is 2.10. The van der Waals surface area contributed by atoms with Gasteiger partial charge in [0.1, 0.15) is 5.75 Å². The first kappa shape index (κ1) is 21.4. The molecule has 0 radical (unpaired) electrons. The van der Waals surface area contributed by atoms with Gasteiger partial charge < -0.3 is 14.8 Å². The Bertz CT molecular complexity index is 634. The second kappa shape index (κ2) is 11.8. The van der Waals surface area contributed by atoms with Crippen molar-refractivity contribution in [1.82, 2.24) is 16.2 Å². The summed E-state index contributed by atoms with van der Waals surface area (Å²) in [6.07, 6.45) is 0.624. The minimum absolute atomic E-state index is 0.0365. The van der Waals surface area contributed by atoms with E-state index in [0.717, 1.165) is 12.0 Å². The smallest absolute Gasteiger partial charge is 0.306 e. The van der Waals surface area contributed by atoms with E-state index in [2.05, 4.69) is 16.2 Å². The molecule has 1 rings (SSSR count). The minimum atomic E-state index is -0.467. The molecule has 0 aliphatic carbocycles. The maximum atomic E-state index is 11.7. The Morgan fingerprint density at radius 3 is 2.38 bits per heavy atom. The van der Waals surface area contributed by atoms with Crippen molar-refractivity contribution in [2.45, 2.75) is 33.1 Å². The summed E-state index contributed by atoms with van der Waals surface area (Å²) in [5, 5.41) is 2.26. The highest BCUT2D eigenvalue weighted by atomic mass is 32.1. The van der Waals surface area contributed by atoms with Crippen molar-refractivity contribution in [3.05, 3.63) is 29.8 Å². The van der Waals surface area contributed by atoms with Gasteiger partial charge in [0.25, 0.3) is 5.91 Å². The van der Waals surface area contributed by atoms with Crippen LogP contribution in [0.5, 0.6) is 5.75 Å². The van der Waals surface area contributed by atoms with Gasteiger partial charge in [-0.3, -0.25) is 25.2 Å². The third-order valence-corrected chi connectivity index (χ3v) is 3.19. The number of amides is 2. The number of ether oxygens (including phenoxy) is 2. The zero-order valence-corrected chi connectivity index (χ0v) is 15.6. The highest BCUT2D eigenvalue weighted by molar-refractivity contribution is 7.80. The fraction of sp³-hybridized carbons (Fsp3) is 0.412. The lowest BCUT2D eigenvalue weighted by molar-refractivity contribution is -0.144. The van der Waals surface area contributed by atoms with E-state index in [-0.39, 0.29) is 24.6 Å². The van der Waals surface area contributed by atoms with Crippen LogP contribution in [0.15, 0.2) is 24.3 Å². The molecule has 0 aliphatic heterocycles. The fourth-order valence-corrected chi connectivity index (χ4v) is 1.83. The van der Waals surface area contributed by atoms with Crippen LogP contribution >= 0.6 is 12.2 Å². The van der Waals surface area contributed by atoms with Crippen LogP contribution in [0.1, 0.15) is 31.7 Å². The van der Waals surface area contributed by atoms with Crippen LogP contribution in [0.25, 0.3) is 0 Å². The minimum Gasteiger partial charge on any atom is -0.484 e. The number of thiocarbonyl (C=S) groups is 1. The van der Waals surface area contributed by atoms with Gasteiger partial charge in [-0.25, -0.2) is 0 Å². The molecule has 1 aromatic carbocycles. The first-order valence-electron chi connectivity index (χ1n) is 8.14. The van der Waals surface area contributed by atoms with Crippen LogP contribution in [-0.4, -0.2) is 36.1 Å². The summed E-state index contributed by atoms with van der Waals surface area (Å²) in [7, 11) is 0. The molecule has 0 aliphatic rings. The summed E-state index contributed by atoms with van der Waals surface area (Å²) in [6, 6.07) is 7.25. The molecular weight excluding hydrogens is 358 g/mol. The summed E-state index contributed by atoms with van der Waals surface area (Å²) in [5.41, 5.74) is 5.77. The SMILES string of the molecule is CCCOC(=O)CCC(=O)NC(=S)NNC(=O)COc1ccc(C)cc1. The fourth-order valence-electron chi connectivity index (χ4n) is 1.67. The molecule has 0 fully saturated rings. The van der Waals surface area contributed by atoms with Crippen molar-refractivity contribution < 1.29 is 23.9 Å². The molecule has 0 aromatic heterocycles. The normalized spacial score (nSPS) is 9.77. The Balaban J connectivity index is 2.18. The average Bonchev–Trinajstić information content (AvgIpc) is 2.62. The molecular formula is C17H23N3O5S. The van der Waals surface area contributed by atoms with Crippen LogP contribution in [0, 0.1) is 6.92 Å². The first-order valence-corrected chi connectivity index (χ1v) is 8.55. The molecule has 2 amide bonds. The van der Waals surface area contributed by atoms with Crippen LogP contribution in [-0.2, 0) is 19.1 Å². The van der Waals surface area contributed by atoms with E-state index >= 15 is 0 Å². The molecule has 142 valence electrons. The Labute approximate surface area is 157 Å². The predicted octanol–water partition coefficient (Wildman–Crippen LogP) is 1.13. The second-order valence-electron chi connectivity index (χ2n) is 5.37. The van der Waals surface area contributed by atoms with Gasteiger partial charge in [0, 0.05) is 6.42 Å². The topological polar surface area (TPSA) is 106 Å². The third-order valence-electron chi connectivity index (χ3n) is 2.98. The number of esters is 1. The summed E-state index contributed by atoms with van der Waals surface area (Å²) >= 11 is 4.88. The van der Waals surface area contributed by atoms with E-state index in [0.29, 0.717) is 12.4 Å². The quantitative estimate of drug-likeness (QED) is 0.352. The van der Waals surface area contributed by atoms with Crippen molar-refractivity contribution in [2.75, 3.05) is 13.2 Å². The number of hydrogen-bond donors (Lipinski definition) is 3. The first-order chi connectivity index (χ1) is 12.4. The Kier molecular flexibility index (Phi) is 9.70. The maximum Gasteiger partial charge on any atom is 0.306 e. The monoisotopic (exact) mass is 381 g/mol. The van der Waals surface area contributed by atoms with E-state index in [4.69, 9.17) is 21.7 Å². The van der Waals surface area contributed by atoms with Crippen LogP contribution < -0.4 is 20.9 Å². The van der Waals surface area contributed by atoms with Gasteiger partial charge in [-0.2, -0.15) is 0 Å². The molecule has 1 aromatic rings. The molecule has 0 atom stereocenters. The van der Waals surface area contributed by atoms with Crippen molar-refractivity contribution in [3.63, 3.8) is 0 Å². The molecule has 0 unspecified atom stereocenters. The zero-order chi connectivity index (χ0) is 19.4.